The number of carbonyl (C=O) groups is 2. The van der Waals surface area contributed by atoms with Crippen LogP contribution in [0.1, 0.15) is 113 Å². The second-order valence-electron chi connectivity index (χ2n) is 13.2. The zero-order valence-electron chi connectivity index (χ0n) is 33.7. The van der Waals surface area contributed by atoms with Crippen molar-refractivity contribution in [2.75, 3.05) is 74.4 Å². The second-order valence-corrected chi connectivity index (χ2v) is 13.2. The summed E-state index contributed by atoms with van der Waals surface area (Å²) >= 11 is 0. The normalized spacial score (nSPS) is 16.8. The van der Waals surface area contributed by atoms with E-state index in [9.17, 15) is 9.59 Å². The first kappa shape index (κ1) is 45.4. The average Bonchev–Trinajstić information content (AvgIpc) is 3.86. The number of carboxylic acid groups (broad SMARTS) is 1. The van der Waals surface area contributed by atoms with Crippen molar-refractivity contribution in [1.29, 1.82) is 0 Å². The van der Waals surface area contributed by atoms with Gasteiger partial charge in [-0.2, -0.15) is 0 Å². The number of carboxylic acids is 1. The Morgan fingerprint density at radius 2 is 1.11 bits per heavy atom. The van der Waals surface area contributed by atoms with Crippen molar-refractivity contribution >= 4 is 11.8 Å². The highest BCUT2D eigenvalue weighted by atomic mass is 16.5. The number of likely N-dealkylation sites (tertiary alicyclic amines) is 2. The lowest BCUT2D eigenvalue weighted by Gasteiger charge is -2.22. The largest absolute Gasteiger partial charge is 0.493 e. The summed E-state index contributed by atoms with van der Waals surface area (Å²) in [5.41, 5.74) is 6.29. The molecule has 2 atom stereocenters. The lowest BCUT2D eigenvalue weighted by Crippen LogP contribution is -2.34. The van der Waals surface area contributed by atoms with Crippen molar-refractivity contribution in [2.45, 2.75) is 104 Å². The number of nitrogens with zero attached hydrogens (tertiary/aromatic N) is 2. The first-order valence-corrected chi connectivity index (χ1v) is 19.4. The molecule has 0 bridgehead atoms. The molecule has 12 heteroatoms. The highest BCUT2D eigenvalue weighted by molar-refractivity contribution is 5.97. The zero-order chi connectivity index (χ0) is 39.2. The SMILES string of the molecule is CCCCOc1c(OC)cc(C(=O)CC[C@H]2CCCN2CC)cc1OC.CCCCOc1c(OC)cc(C(=O)O)cc1OC.CCN1CCC[C@@H]1CN. The summed E-state index contributed by atoms with van der Waals surface area (Å²) in [6.45, 7) is 15.2. The molecule has 2 aromatic rings. The third-order valence-electron chi connectivity index (χ3n) is 9.77. The van der Waals surface area contributed by atoms with Crippen LogP contribution in [0, 0.1) is 0 Å². The Kier molecular flexibility index (Phi) is 21.7. The van der Waals surface area contributed by atoms with Crippen molar-refractivity contribution in [1.82, 2.24) is 9.80 Å². The number of ether oxygens (including phenoxy) is 6. The molecule has 2 aliphatic heterocycles. The third kappa shape index (κ3) is 14.2. The van der Waals surface area contributed by atoms with E-state index in [2.05, 4.69) is 37.5 Å². The molecule has 2 heterocycles. The number of rotatable bonds is 20. The van der Waals surface area contributed by atoms with Gasteiger partial charge in [0.2, 0.25) is 11.5 Å². The van der Waals surface area contributed by atoms with Crippen LogP contribution in [-0.4, -0.2) is 113 Å². The van der Waals surface area contributed by atoms with Crippen LogP contribution in [0.15, 0.2) is 24.3 Å². The predicted octanol–water partition coefficient (Wildman–Crippen LogP) is 7.34. The molecule has 2 aliphatic rings. The quantitative estimate of drug-likeness (QED) is 0.103. The zero-order valence-corrected chi connectivity index (χ0v) is 33.7. The predicted molar refractivity (Wildman–Crippen MR) is 210 cm³/mol. The van der Waals surface area contributed by atoms with Gasteiger partial charge < -0.3 is 44.2 Å². The van der Waals surface area contributed by atoms with Gasteiger partial charge in [-0.05, 0) is 95.4 Å². The number of Topliss-reactive ketones (excluding diaryl/α,β-unsaturated/α-hetero) is 1. The molecule has 300 valence electrons. The number of hydrogen-bond acceptors (Lipinski definition) is 11. The molecular formula is C41H67N3O9. The Morgan fingerprint density at radius 1 is 0.698 bits per heavy atom. The highest BCUT2D eigenvalue weighted by Gasteiger charge is 2.25. The number of likely N-dealkylation sites (N-methyl/N-ethyl adjacent to an activating group) is 1. The van der Waals surface area contributed by atoms with Crippen LogP contribution in [0.3, 0.4) is 0 Å². The number of unbranched alkanes of at least 4 members (excludes halogenated alkanes) is 2. The summed E-state index contributed by atoms with van der Waals surface area (Å²) < 4.78 is 32.6. The van der Waals surface area contributed by atoms with Gasteiger partial charge in [0.15, 0.2) is 28.8 Å². The molecule has 2 aromatic carbocycles. The van der Waals surface area contributed by atoms with E-state index in [-0.39, 0.29) is 11.3 Å². The van der Waals surface area contributed by atoms with E-state index in [0.29, 0.717) is 71.8 Å². The number of benzene rings is 2. The third-order valence-corrected chi connectivity index (χ3v) is 9.77. The number of hydrogen-bond donors (Lipinski definition) is 2. The first-order chi connectivity index (χ1) is 25.7. The molecule has 0 amide bonds. The first-order valence-electron chi connectivity index (χ1n) is 19.4. The molecule has 0 spiro atoms. The molecule has 4 rings (SSSR count). The van der Waals surface area contributed by atoms with Crippen LogP contribution in [0.4, 0.5) is 0 Å². The van der Waals surface area contributed by atoms with E-state index in [1.165, 1.54) is 65.1 Å². The van der Waals surface area contributed by atoms with Gasteiger partial charge in [-0.3, -0.25) is 9.69 Å². The summed E-state index contributed by atoms with van der Waals surface area (Å²) in [6, 6.07) is 7.62. The van der Waals surface area contributed by atoms with E-state index in [4.69, 9.17) is 39.3 Å². The lowest BCUT2D eigenvalue weighted by molar-refractivity contribution is 0.0695. The summed E-state index contributed by atoms with van der Waals surface area (Å²) in [7, 11) is 6.11. The Bertz CT molecular complexity index is 1310. The van der Waals surface area contributed by atoms with Gasteiger partial charge in [-0.1, -0.05) is 40.5 Å². The fraction of sp³-hybridized carbons (Fsp3) is 0.659. The van der Waals surface area contributed by atoms with E-state index >= 15 is 0 Å². The van der Waals surface area contributed by atoms with Crippen LogP contribution in [0.2, 0.25) is 0 Å². The van der Waals surface area contributed by atoms with E-state index in [0.717, 1.165) is 51.7 Å². The van der Waals surface area contributed by atoms with E-state index < -0.39 is 5.97 Å². The lowest BCUT2D eigenvalue weighted by atomic mass is 10.0. The Balaban J connectivity index is 0.000000309. The minimum atomic E-state index is -1.04. The van der Waals surface area contributed by atoms with Crippen molar-refractivity contribution in [2.24, 2.45) is 5.73 Å². The highest BCUT2D eigenvalue weighted by Crippen LogP contribution is 2.40. The van der Waals surface area contributed by atoms with Gasteiger partial charge in [0, 0.05) is 30.6 Å². The standard InChI is InChI=1S/C21H33NO4.C13H18O5.C7H16N2/c1-5-7-13-26-21-19(24-3)14-16(15-20(21)25-4)18(23)11-10-17-9-8-12-22(17)6-2;1-4-5-6-18-12-10(16-2)7-9(13(14)15)8-11(12)17-3;1-2-9-5-3-4-7(9)6-8/h14-15,17H,5-13H2,1-4H3;7-8H,4-6H2,1-3H3,(H,14,15);7H,2-6,8H2,1H3/t17-;;7-/m1.1/s1. The fourth-order valence-electron chi connectivity index (χ4n) is 6.62. The molecule has 0 aromatic heterocycles. The summed E-state index contributed by atoms with van der Waals surface area (Å²) in [5.74, 6) is 1.95. The van der Waals surface area contributed by atoms with Gasteiger partial charge in [-0.25, -0.2) is 4.79 Å². The maximum atomic E-state index is 12.7. The molecular weight excluding hydrogens is 678 g/mol. The molecule has 53 heavy (non-hydrogen) atoms. The van der Waals surface area contributed by atoms with Crippen LogP contribution in [-0.2, 0) is 0 Å². The Labute approximate surface area is 318 Å². The van der Waals surface area contributed by atoms with Crippen molar-refractivity contribution < 1.29 is 43.1 Å². The molecule has 0 saturated carbocycles. The Hall–Kier alpha value is -3.74. The van der Waals surface area contributed by atoms with Gasteiger partial charge in [0.1, 0.15) is 0 Å². The second kappa shape index (κ2) is 25.3. The minimum absolute atomic E-state index is 0.103. The van der Waals surface area contributed by atoms with E-state index in [1.54, 1.807) is 26.4 Å². The Morgan fingerprint density at radius 3 is 1.47 bits per heavy atom. The molecule has 0 radical (unpaired) electrons. The average molecular weight is 746 g/mol. The topological polar surface area (TPSA) is 142 Å². The molecule has 12 nitrogen and oxygen atoms in total. The monoisotopic (exact) mass is 745 g/mol. The van der Waals surface area contributed by atoms with Crippen molar-refractivity contribution in [3.8, 4) is 34.5 Å². The summed E-state index contributed by atoms with van der Waals surface area (Å²) in [5, 5.41) is 8.98. The maximum Gasteiger partial charge on any atom is 0.335 e. The van der Waals surface area contributed by atoms with Crippen LogP contribution in [0.25, 0.3) is 0 Å². The number of aromatic carboxylic acids is 1. The smallest absolute Gasteiger partial charge is 0.335 e. The van der Waals surface area contributed by atoms with E-state index in [1.807, 2.05) is 0 Å². The number of ketones is 1. The maximum absolute atomic E-state index is 12.7. The molecule has 0 unspecified atom stereocenters. The minimum Gasteiger partial charge on any atom is -0.493 e. The summed E-state index contributed by atoms with van der Waals surface area (Å²) in [4.78, 5) is 28.6. The molecule has 2 fully saturated rings. The number of methoxy groups -OCH3 is 4. The fourth-order valence-corrected chi connectivity index (χ4v) is 6.62. The van der Waals surface area contributed by atoms with Gasteiger partial charge in [-0.15, -0.1) is 0 Å². The van der Waals surface area contributed by atoms with Crippen molar-refractivity contribution in [3.05, 3.63) is 35.4 Å². The van der Waals surface area contributed by atoms with Gasteiger partial charge in [0.25, 0.3) is 0 Å². The molecule has 3 N–H and O–H groups in total. The van der Waals surface area contributed by atoms with Crippen LogP contribution in [0.5, 0.6) is 34.5 Å². The van der Waals surface area contributed by atoms with Crippen LogP contribution < -0.4 is 34.2 Å². The van der Waals surface area contributed by atoms with Gasteiger partial charge >= 0.3 is 5.97 Å². The number of nitrogens with two attached hydrogens (primary N) is 1. The van der Waals surface area contributed by atoms with Crippen molar-refractivity contribution in [3.63, 3.8) is 0 Å². The summed E-state index contributed by atoms with van der Waals surface area (Å²) in [6.07, 6.45) is 10.5. The van der Waals surface area contributed by atoms with Gasteiger partial charge in [0.05, 0.1) is 47.2 Å². The molecule has 0 aliphatic carbocycles. The van der Waals surface area contributed by atoms with Crippen LogP contribution >= 0.6 is 0 Å². The molecule has 2 saturated heterocycles. The number of carbonyl (C=O) groups excluding carboxylic acids is 1.